The third-order valence-electron chi connectivity index (χ3n) is 7.34. The summed E-state index contributed by atoms with van der Waals surface area (Å²) in [5.74, 6) is 2.13. The van der Waals surface area contributed by atoms with E-state index in [1.54, 1.807) is 21.1 Å². The SMILES string of the molecule is COc1cc2nc(C)nc(N[C@H](C)c3cccc(C#N)c3C)c2cc1C1(OC)CCN(C(C)=O)CC1. The van der Waals surface area contributed by atoms with Crippen LogP contribution in [0.2, 0.25) is 0 Å². The number of rotatable bonds is 6. The molecule has 1 amide bonds. The van der Waals surface area contributed by atoms with E-state index in [1.165, 1.54) is 0 Å². The van der Waals surface area contributed by atoms with Crippen LogP contribution in [0.4, 0.5) is 5.82 Å². The Balaban J connectivity index is 1.79. The molecule has 1 aliphatic heterocycles. The Morgan fingerprint density at radius 1 is 1.19 bits per heavy atom. The highest BCUT2D eigenvalue weighted by Gasteiger charge is 2.39. The zero-order chi connectivity index (χ0) is 26.0. The van der Waals surface area contributed by atoms with Crippen LogP contribution in [-0.2, 0) is 15.1 Å². The molecule has 36 heavy (non-hydrogen) atoms. The lowest BCUT2D eigenvalue weighted by Gasteiger charge is -2.41. The van der Waals surface area contributed by atoms with Gasteiger partial charge in [-0.15, -0.1) is 0 Å². The van der Waals surface area contributed by atoms with Gasteiger partial charge in [-0.2, -0.15) is 5.26 Å². The van der Waals surface area contributed by atoms with Crippen LogP contribution in [0.5, 0.6) is 5.75 Å². The van der Waals surface area contributed by atoms with Crippen LogP contribution >= 0.6 is 0 Å². The Morgan fingerprint density at radius 2 is 1.92 bits per heavy atom. The number of anilines is 1. The highest BCUT2D eigenvalue weighted by atomic mass is 16.5. The number of aromatic nitrogens is 2. The van der Waals surface area contributed by atoms with Crippen LogP contribution in [0.1, 0.15) is 60.8 Å². The summed E-state index contributed by atoms with van der Waals surface area (Å²) in [7, 11) is 3.36. The van der Waals surface area contributed by atoms with Crippen molar-refractivity contribution < 1.29 is 14.3 Å². The lowest BCUT2D eigenvalue weighted by atomic mass is 9.82. The molecule has 1 saturated heterocycles. The van der Waals surface area contributed by atoms with Gasteiger partial charge in [-0.1, -0.05) is 12.1 Å². The summed E-state index contributed by atoms with van der Waals surface area (Å²) in [6.45, 7) is 8.73. The van der Waals surface area contributed by atoms with Gasteiger partial charge in [0.25, 0.3) is 0 Å². The van der Waals surface area contributed by atoms with Crippen molar-refractivity contribution in [1.82, 2.24) is 14.9 Å². The molecule has 2 heterocycles. The highest BCUT2D eigenvalue weighted by Crippen LogP contribution is 2.43. The summed E-state index contributed by atoms with van der Waals surface area (Å²) in [6, 6.07) is 11.9. The van der Waals surface area contributed by atoms with Crippen molar-refractivity contribution in [2.45, 2.75) is 52.2 Å². The van der Waals surface area contributed by atoms with Crippen LogP contribution < -0.4 is 10.1 Å². The average Bonchev–Trinajstić information content (AvgIpc) is 2.87. The molecular weight excluding hydrogens is 454 g/mol. The Hall–Kier alpha value is -3.70. The third-order valence-corrected chi connectivity index (χ3v) is 7.34. The van der Waals surface area contributed by atoms with Gasteiger partial charge in [0.05, 0.1) is 35.9 Å². The van der Waals surface area contributed by atoms with Crippen LogP contribution in [0.3, 0.4) is 0 Å². The van der Waals surface area contributed by atoms with E-state index in [1.807, 2.05) is 43.0 Å². The number of methoxy groups -OCH3 is 2. The first-order valence-corrected chi connectivity index (χ1v) is 12.2. The smallest absolute Gasteiger partial charge is 0.219 e. The predicted octanol–water partition coefficient (Wildman–Crippen LogP) is 4.78. The molecule has 0 bridgehead atoms. The monoisotopic (exact) mass is 487 g/mol. The fraction of sp³-hybridized carbons (Fsp3) is 0.429. The Morgan fingerprint density at radius 3 is 2.53 bits per heavy atom. The van der Waals surface area contributed by atoms with Crippen molar-refractivity contribution in [3.8, 4) is 11.8 Å². The van der Waals surface area contributed by atoms with E-state index in [4.69, 9.17) is 14.5 Å². The minimum Gasteiger partial charge on any atom is -0.496 e. The zero-order valence-electron chi connectivity index (χ0n) is 21.8. The number of fused-ring (bicyclic) bond motifs is 1. The topological polar surface area (TPSA) is 100 Å². The minimum absolute atomic E-state index is 0.0743. The summed E-state index contributed by atoms with van der Waals surface area (Å²) in [5, 5.41) is 13.9. The molecule has 8 nitrogen and oxygen atoms in total. The molecule has 3 aromatic rings. The van der Waals surface area contributed by atoms with Gasteiger partial charge in [-0.3, -0.25) is 4.79 Å². The fourth-order valence-electron chi connectivity index (χ4n) is 5.20. The number of hydrogen-bond acceptors (Lipinski definition) is 7. The van der Waals surface area contributed by atoms with E-state index in [0.29, 0.717) is 48.9 Å². The van der Waals surface area contributed by atoms with E-state index in [9.17, 15) is 10.1 Å². The number of carbonyl (C=O) groups excluding carboxylic acids is 1. The molecule has 188 valence electrons. The maximum atomic E-state index is 11.9. The van der Waals surface area contributed by atoms with Gasteiger partial charge < -0.3 is 19.7 Å². The molecule has 1 aliphatic rings. The lowest BCUT2D eigenvalue weighted by molar-refractivity contribution is -0.135. The van der Waals surface area contributed by atoms with E-state index < -0.39 is 5.60 Å². The maximum Gasteiger partial charge on any atom is 0.219 e. The Labute approximate surface area is 212 Å². The van der Waals surface area contributed by atoms with Crippen molar-refractivity contribution in [2.24, 2.45) is 0 Å². The quantitative estimate of drug-likeness (QED) is 0.534. The molecule has 1 fully saturated rings. The first-order valence-electron chi connectivity index (χ1n) is 12.2. The second-order valence-electron chi connectivity index (χ2n) is 9.39. The fourth-order valence-corrected chi connectivity index (χ4v) is 5.20. The molecule has 1 N–H and O–H groups in total. The Kier molecular flexibility index (Phi) is 7.14. The van der Waals surface area contributed by atoms with E-state index in [0.717, 1.165) is 27.6 Å². The van der Waals surface area contributed by atoms with Gasteiger partial charge in [-0.25, -0.2) is 9.97 Å². The van der Waals surface area contributed by atoms with Gasteiger partial charge in [0.15, 0.2) is 0 Å². The summed E-state index contributed by atoms with van der Waals surface area (Å²) < 4.78 is 11.9. The van der Waals surface area contributed by atoms with Gasteiger partial charge in [0, 0.05) is 44.1 Å². The number of hydrogen-bond donors (Lipinski definition) is 1. The second kappa shape index (κ2) is 10.1. The maximum absolute atomic E-state index is 11.9. The molecular formula is C28H33N5O3. The minimum atomic E-state index is -0.586. The first-order chi connectivity index (χ1) is 17.2. The van der Waals surface area contributed by atoms with Gasteiger partial charge in [0.2, 0.25) is 5.91 Å². The van der Waals surface area contributed by atoms with Crippen LogP contribution in [0.25, 0.3) is 10.9 Å². The van der Waals surface area contributed by atoms with Crippen molar-refractivity contribution >= 4 is 22.6 Å². The standard InChI is InChI=1S/C28H33N5O3/c1-17-21(16-29)8-7-9-22(17)18(2)30-27-23-14-24(26(35-5)15-25(23)31-19(3)32-27)28(36-6)10-12-33(13-11-28)20(4)34/h7-9,14-15,18H,10-13H2,1-6H3,(H,30,31,32)/t18-/m1/s1. The summed E-state index contributed by atoms with van der Waals surface area (Å²) in [5.41, 5.74) is 3.76. The van der Waals surface area contributed by atoms with Crippen molar-refractivity contribution in [3.05, 3.63) is 58.4 Å². The largest absolute Gasteiger partial charge is 0.496 e. The number of piperidine rings is 1. The number of amides is 1. The number of nitriles is 1. The Bertz CT molecular complexity index is 1340. The van der Waals surface area contributed by atoms with Crippen LogP contribution in [0.15, 0.2) is 30.3 Å². The van der Waals surface area contributed by atoms with Crippen LogP contribution in [0, 0.1) is 25.2 Å². The molecule has 1 aromatic heterocycles. The van der Waals surface area contributed by atoms with Gasteiger partial charge >= 0.3 is 0 Å². The predicted molar refractivity (Wildman–Crippen MR) is 139 cm³/mol. The van der Waals surface area contributed by atoms with Crippen LogP contribution in [-0.4, -0.2) is 48.1 Å². The molecule has 2 aromatic carbocycles. The molecule has 0 spiro atoms. The molecule has 1 atom stereocenters. The summed E-state index contributed by atoms with van der Waals surface area (Å²) >= 11 is 0. The second-order valence-corrected chi connectivity index (χ2v) is 9.39. The molecule has 4 rings (SSSR count). The first kappa shape index (κ1) is 25.4. The number of nitrogens with zero attached hydrogens (tertiary/aromatic N) is 4. The molecule has 0 unspecified atom stereocenters. The lowest BCUT2D eigenvalue weighted by Crippen LogP contribution is -2.45. The van der Waals surface area contributed by atoms with Gasteiger partial charge in [-0.05, 0) is 56.9 Å². The number of benzene rings is 2. The average molecular weight is 488 g/mol. The number of carbonyl (C=O) groups is 1. The normalized spacial score (nSPS) is 15.9. The number of ether oxygens (including phenoxy) is 2. The van der Waals surface area contributed by atoms with E-state index >= 15 is 0 Å². The molecule has 0 saturated carbocycles. The molecule has 0 radical (unpaired) electrons. The van der Waals surface area contributed by atoms with Crippen molar-refractivity contribution in [3.63, 3.8) is 0 Å². The number of aryl methyl sites for hydroxylation is 1. The van der Waals surface area contributed by atoms with Gasteiger partial charge in [0.1, 0.15) is 17.4 Å². The molecule has 0 aliphatic carbocycles. The van der Waals surface area contributed by atoms with Crippen molar-refractivity contribution in [1.29, 1.82) is 5.26 Å². The number of nitrogens with one attached hydrogen (secondary N) is 1. The number of likely N-dealkylation sites (tertiary alicyclic amines) is 1. The third kappa shape index (κ3) is 4.59. The van der Waals surface area contributed by atoms with E-state index in [2.05, 4.69) is 29.4 Å². The zero-order valence-corrected chi connectivity index (χ0v) is 21.8. The highest BCUT2D eigenvalue weighted by molar-refractivity contribution is 5.91. The van der Waals surface area contributed by atoms with E-state index in [-0.39, 0.29) is 11.9 Å². The van der Waals surface area contributed by atoms with Crippen molar-refractivity contribution in [2.75, 3.05) is 32.6 Å². The molecule has 8 heteroatoms. The summed E-state index contributed by atoms with van der Waals surface area (Å²) in [4.78, 5) is 23.2. The summed E-state index contributed by atoms with van der Waals surface area (Å²) in [6.07, 6.45) is 1.33.